The highest BCUT2D eigenvalue weighted by atomic mass is 16.5. The molecule has 1 aromatic carbocycles. The minimum atomic E-state index is -0.394. The molecule has 2 amide bonds. The van der Waals surface area contributed by atoms with Crippen LogP contribution in [0.15, 0.2) is 48.7 Å². The third kappa shape index (κ3) is 3.38. The molecule has 3 heterocycles. The minimum Gasteiger partial charge on any atom is -0.497 e. The van der Waals surface area contributed by atoms with Gasteiger partial charge in [-0.3, -0.25) is 14.5 Å². The van der Waals surface area contributed by atoms with Crippen molar-refractivity contribution in [2.75, 3.05) is 43.1 Å². The van der Waals surface area contributed by atoms with Gasteiger partial charge in [-0.15, -0.1) is 0 Å². The molecule has 0 N–H and O–H groups in total. The van der Waals surface area contributed by atoms with Crippen molar-refractivity contribution < 1.29 is 14.3 Å². The van der Waals surface area contributed by atoms with Crippen molar-refractivity contribution in [1.82, 2.24) is 9.88 Å². The molecule has 7 nitrogen and oxygen atoms in total. The van der Waals surface area contributed by atoms with Crippen LogP contribution in [0.25, 0.3) is 0 Å². The molecule has 1 atom stereocenters. The Balaban J connectivity index is 1.45. The lowest BCUT2D eigenvalue weighted by molar-refractivity contribution is -0.123. The summed E-state index contributed by atoms with van der Waals surface area (Å²) in [6.07, 6.45) is 2.01. The fourth-order valence-electron chi connectivity index (χ4n) is 3.73. The summed E-state index contributed by atoms with van der Waals surface area (Å²) >= 11 is 0. The van der Waals surface area contributed by atoms with E-state index >= 15 is 0 Å². The highest BCUT2D eigenvalue weighted by molar-refractivity contribution is 6.22. The first-order valence-corrected chi connectivity index (χ1v) is 9.08. The first-order chi connectivity index (χ1) is 13.2. The number of hydrogen-bond donors (Lipinski definition) is 0. The Hall–Kier alpha value is -2.93. The van der Waals surface area contributed by atoms with Crippen LogP contribution in [0.2, 0.25) is 0 Å². The second-order valence-electron chi connectivity index (χ2n) is 6.70. The van der Waals surface area contributed by atoms with Gasteiger partial charge in [-0.05, 0) is 24.3 Å². The number of aromatic nitrogens is 1. The quantitative estimate of drug-likeness (QED) is 0.765. The van der Waals surface area contributed by atoms with E-state index in [-0.39, 0.29) is 18.2 Å². The number of carbonyl (C=O) groups excluding carboxylic acids is 2. The van der Waals surface area contributed by atoms with E-state index < -0.39 is 6.04 Å². The molecule has 140 valence electrons. The molecule has 0 radical (unpaired) electrons. The fourth-order valence-corrected chi connectivity index (χ4v) is 3.73. The number of piperazine rings is 1. The van der Waals surface area contributed by atoms with Crippen molar-refractivity contribution >= 4 is 23.3 Å². The number of amides is 2. The molecule has 27 heavy (non-hydrogen) atoms. The maximum absolute atomic E-state index is 13.0. The van der Waals surface area contributed by atoms with Gasteiger partial charge in [-0.25, -0.2) is 9.88 Å². The number of anilines is 2. The molecule has 4 rings (SSSR count). The van der Waals surface area contributed by atoms with E-state index in [9.17, 15) is 9.59 Å². The van der Waals surface area contributed by atoms with Gasteiger partial charge in [0.2, 0.25) is 5.91 Å². The van der Waals surface area contributed by atoms with Crippen LogP contribution in [-0.2, 0) is 9.59 Å². The van der Waals surface area contributed by atoms with E-state index in [4.69, 9.17) is 4.74 Å². The molecule has 2 saturated heterocycles. The van der Waals surface area contributed by atoms with Gasteiger partial charge < -0.3 is 9.64 Å². The lowest BCUT2D eigenvalue weighted by Gasteiger charge is -2.37. The van der Waals surface area contributed by atoms with Gasteiger partial charge in [0.15, 0.2) is 0 Å². The van der Waals surface area contributed by atoms with Crippen molar-refractivity contribution in [1.29, 1.82) is 0 Å². The fraction of sp³-hybridized carbons (Fsp3) is 0.350. The minimum absolute atomic E-state index is 0.153. The lowest BCUT2D eigenvalue weighted by Crippen LogP contribution is -2.52. The SMILES string of the molecule is COc1cccc(N2C(=O)C[C@H](N3CCN(c4ccccn4)CC3)C2=O)c1. The average molecular weight is 366 g/mol. The van der Waals surface area contributed by atoms with Crippen LogP contribution >= 0.6 is 0 Å². The van der Waals surface area contributed by atoms with Crippen LogP contribution in [0.1, 0.15) is 6.42 Å². The van der Waals surface area contributed by atoms with E-state index in [1.807, 2.05) is 18.2 Å². The van der Waals surface area contributed by atoms with Crippen molar-refractivity contribution in [3.8, 4) is 5.75 Å². The Labute approximate surface area is 158 Å². The Kier molecular flexibility index (Phi) is 4.77. The third-order valence-corrected chi connectivity index (χ3v) is 5.16. The average Bonchev–Trinajstić information content (AvgIpc) is 3.03. The summed E-state index contributed by atoms with van der Waals surface area (Å²) in [4.78, 5) is 35.5. The maximum Gasteiger partial charge on any atom is 0.251 e. The first-order valence-electron chi connectivity index (χ1n) is 9.08. The van der Waals surface area contributed by atoms with Crippen LogP contribution in [0.3, 0.4) is 0 Å². The zero-order chi connectivity index (χ0) is 18.8. The predicted molar refractivity (Wildman–Crippen MR) is 102 cm³/mol. The van der Waals surface area contributed by atoms with E-state index in [2.05, 4.69) is 14.8 Å². The molecular weight excluding hydrogens is 344 g/mol. The summed E-state index contributed by atoms with van der Waals surface area (Å²) in [6.45, 7) is 3.03. The summed E-state index contributed by atoms with van der Waals surface area (Å²) in [5.41, 5.74) is 0.568. The number of ether oxygens (including phenoxy) is 1. The smallest absolute Gasteiger partial charge is 0.251 e. The number of nitrogens with zero attached hydrogens (tertiary/aromatic N) is 4. The maximum atomic E-state index is 13.0. The zero-order valence-electron chi connectivity index (χ0n) is 15.2. The molecule has 0 bridgehead atoms. The molecule has 0 spiro atoms. The summed E-state index contributed by atoms with van der Waals surface area (Å²) in [5.74, 6) is 1.26. The number of rotatable bonds is 4. The van der Waals surface area contributed by atoms with Crippen molar-refractivity contribution in [2.45, 2.75) is 12.5 Å². The van der Waals surface area contributed by atoms with Gasteiger partial charge >= 0.3 is 0 Å². The molecule has 0 aliphatic carbocycles. The lowest BCUT2D eigenvalue weighted by atomic mass is 10.1. The monoisotopic (exact) mass is 366 g/mol. The Morgan fingerprint density at radius 2 is 1.85 bits per heavy atom. The molecule has 2 fully saturated rings. The number of carbonyl (C=O) groups is 2. The largest absolute Gasteiger partial charge is 0.497 e. The molecule has 2 aromatic rings. The van der Waals surface area contributed by atoms with E-state index in [1.165, 1.54) is 4.90 Å². The normalized spacial score (nSPS) is 21.0. The molecular formula is C20H22N4O3. The molecule has 2 aliphatic rings. The Bertz CT molecular complexity index is 834. The van der Waals surface area contributed by atoms with Gasteiger partial charge in [-0.1, -0.05) is 12.1 Å². The highest BCUT2D eigenvalue weighted by Gasteiger charge is 2.43. The second-order valence-corrected chi connectivity index (χ2v) is 6.70. The van der Waals surface area contributed by atoms with Crippen LogP contribution < -0.4 is 14.5 Å². The molecule has 0 unspecified atom stereocenters. The first kappa shape index (κ1) is 17.5. The van der Waals surface area contributed by atoms with E-state index in [0.717, 1.165) is 32.0 Å². The van der Waals surface area contributed by atoms with Crippen LogP contribution in [0, 0.1) is 0 Å². The van der Waals surface area contributed by atoms with E-state index in [0.29, 0.717) is 11.4 Å². The van der Waals surface area contributed by atoms with Crippen molar-refractivity contribution in [3.05, 3.63) is 48.7 Å². The molecule has 0 saturated carbocycles. The number of benzene rings is 1. The summed E-state index contributed by atoms with van der Waals surface area (Å²) < 4.78 is 5.21. The molecule has 1 aromatic heterocycles. The van der Waals surface area contributed by atoms with Gasteiger partial charge in [0.25, 0.3) is 5.91 Å². The zero-order valence-corrected chi connectivity index (χ0v) is 15.2. The molecule has 2 aliphatic heterocycles. The van der Waals surface area contributed by atoms with Gasteiger partial charge in [-0.2, -0.15) is 0 Å². The van der Waals surface area contributed by atoms with E-state index in [1.54, 1.807) is 37.6 Å². The van der Waals surface area contributed by atoms with Gasteiger partial charge in [0.1, 0.15) is 11.6 Å². The van der Waals surface area contributed by atoms with Crippen LogP contribution in [-0.4, -0.2) is 61.0 Å². The number of methoxy groups -OCH3 is 1. The predicted octanol–water partition coefficient (Wildman–Crippen LogP) is 1.54. The number of pyridine rings is 1. The second kappa shape index (κ2) is 7.36. The summed E-state index contributed by atoms with van der Waals surface area (Å²) in [6, 6.07) is 12.5. The summed E-state index contributed by atoms with van der Waals surface area (Å²) in [7, 11) is 1.57. The molecule has 7 heteroatoms. The highest BCUT2D eigenvalue weighted by Crippen LogP contribution is 2.29. The van der Waals surface area contributed by atoms with Crippen LogP contribution in [0.4, 0.5) is 11.5 Å². The number of imide groups is 1. The van der Waals surface area contributed by atoms with Crippen molar-refractivity contribution in [3.63, 3.8) is 0 Å². The standard InChI is InChI=1S/C20H22N4O3/c1-27-16-6-4-5-15(13-16)24-19(25)14-17(20(24)26)22-9-11-23(12-10-22)18-7-2-3-8-21-18/h2-8,13,17H,9-12,14H2,1H3/t17-/m0/s1. The van der Waals surface area contributed by atoms with Crippen LogP contribution in [0.5, 0.6) is 5.75 Å². The summed E-state index contributed by atoms with van der Waals surface area (Å²) in [5, 5.41) is 0. The topological polar surface area (TPSA) is 66.0 Å². The number of hydrogen-bond acceptors (Lipinski definition) is 6. The third-order valence-electron chi connectivity index (χ3n) is 5.16. The van der Waals surface area contributed by atoms with Gasteiger partial charge in [0, 0.05) is 38.4 Å². The van der Waals surface area contributed by atoms with Gasteiger partial charge in [0.05, 0.1) is 25.3 Å². The Morgan fingerprint density at radius 1 is 1.04 bits per heavy atom. The Morgan fingerprint density at radius 3 is 2.56 bits per heavy atom. The van der Waals surface area contributed by atoms with Crippen molar-refractivity contribution in [2.24, 2.45) is 0 Å².